The molecule has 1 aliphatic heterocycles. The molecule has 1 aliphatic rings. The van der Waals surface area contributed by atoms with Gasteiger partial charge < -0.3 is 33.5 Å². The van der Waals surface area contributed by atoms with Crippen LogP contribution < -0.4 is 18.9 Å². The Balaban J connectivity index is 1.70. The van der Waals surface area contributed by atoms with Crippen LogP contribution in [0.5, 0.6) is 23.0 Å². The van der Waals surface area contributed by atoms with E-state index in [1.54, 1.807) is 7.11 Å². The number of ether oxygens (including phenoxy) is 5. The first kappa shape index (κ1) is 32.4. The first-order chi connectivity index (χ1) is 21.0. The molecule has 0 atom stereocenters. The van der Waals surface area contributed by atoms with Crippen LogP contribution in [0.25, 0.3) is 11.1 Å². The van der Waals surface area contributed by atoms with Crippen LogP contribution in [0.4, 0.5) is 0 Å². The van der Waals surface area contributed by atoms with Crippen LogP contribution in [0.3, 0.4) is 0 Å². The minimum atomic E-state index is 0.0835. The summed E-state index contributed by atoms with van der Waals surface area (Å²) in [5.41, 5.74) is 5.72. The second kappa shape index (κ2) is 16.4. The lowest BCUT2D eigenvalue weighted by Crippen LogP contribution is -2.43. The van der Waals surface area contributed by atoms with E-state index < -0.39 is 0 Å². The van der Waals surface area contributed by atoms with E-state index in [0.29, 0.717) is 0 Å². The lowest BCUT2D eigenvalue weighted by Gasteiger charge is -2.30. The highest BCUT2D eigenvalue weighted by Crippen LogP contribution is 2.40. The van der Waals surface area contributed by atoms with Gasteiger partial charge in [-0.1, -0.05) is 65.0 Å². The fourth-order valence-corrected chi connectivity index (χ4v) is 5.53. The number of allylic oxidation sites excluding steroid dienone is 1. The van der Waals surface area contributed by atoms with Crippen molar-refractivity contribution in [2.24, 2.45) is 0 Å². The number of nitrogens with zero attached hydrogens (tertiary/aromatic N) is 2. The van der Waals surface area contributed by atoms with Crippen LogP contribution in [0.2, 0.25) is 0 Å². The Morgan fingerprint density at radius 1 is 0.698 bits per heavy atom. The summed E-state index contributed by atoms with van der Waals surface area (Å²) in [6, 6.07) is 23.0. The maximum absolute atomic E-state index is 6.64. The molecule has 0 radical (unpaired) electrons. The zero-order valence-electron chi connectivity index (χ0n) is 26.7. The van der Waals surface area contributed by atoms with E-state index in [4.69, 9.17) is 23.7 Å². The van der Waals surface area contributed by atoms with Crippen molar-refractivity contribution < 1.29 is 23.7 Å². The van der Waals surface area contributed by atoms with Crippen molar-refractivity contribution in [1.82, 2.24) is 9.80 Å². The summed E-state index contributed by atoms with van der Waals surface area (Å²) < 4.78 is 28.7. The van der Waals surface area contributed by atoms with E-state index in [9.17, 15) is 0 Å². The number of rotatable bonds is 17. The lowest BCUT2D eigenvalue weighted by molar-refractivity contribution is 0.0511. The molecule has 4 rings (SSSR count). The summed E-state index contributed by atoms with van der Waals surface area (Å²) in [7, 11) is 1.62. The summed E-state index contributed by atoms with van der Waals surface area (Å²) in [6.45, 7) is 17.3. The number of benzene rings is 3. The van der Waals surface area contributed by atoms with E-state index in [1.807, 2.05) is 18.2 Å². The van der Waals surface area contributed by atoms with Crippen molar-refractivity contribution in [2.45, 2.75) is 47.1 Å². The minimum Gasteiger partial charge on any atom is -0.488 e. The van der Waals surface area contributed by atoms with Crippen molar-refractivity contribution in [3.05, 3.63) is 83.4 Å². The maximum Gasteiger partial charge on any atom is 0.231 e. The van der Waals surface area contributed by atoms with Crippen LogP contribution in [0, 0.1) is 0 Å². The number of hydrogen-bond acceptors (Lipinski definition) is 7. The second-order valence-corrected chi connectivity index (χ2v) is 10.6. The predicted octanol–water partition coefficient (Wildman–Crippen LogP) is 7.20. The Morgan fingerprint density at radius 2 is 1.23 bits per heavy atom. The van der Waals surface area contributed by atoms with Gasteiger partial charge in [0.15, 0.2) is 18.3 Å². The van der Waals surface area contributed by atoms with Gasteiger partial charge in [-0.15, -0.1) is 0 Å². The van der Waals surface area contributed by atoms with Crippen LogP contribution in [0.15, 0.2) is 66.7 Å². The third kappa shape index (κ3) is 8.53. The van der Waals surface area contributed by atoms with Gasteiger partial charge in [0, 0.05) is 20.2 Å². The highest BCUT2D eigenvalue weighted by molar-refractivity contribution is 5.99. The SMILES string of the molecule is CCC(=C(c1ccc(OCOC)cc1)c1ccc(OC(CN(CC)CC)CN(CC)CC)cc1)c1ccc2c(c1)OCO2. The van der Waals surface area contributed by atoms with E-state index in [2.05, 4.69) is 92.9 Å². The first-order valence-corrected chi connectivity index (χ1v) is 15.6. The molecule has 43 heavy (non-hydrogen) atoms. The van der Waals surface area contributed by atoms with Gasteiger partial charge in [-0.2, -0.15) is 0 Å². The first-order valence-electron chi connectivity index (χ1n) is 15.6. The molecule has 3 aromatic rings. The van der Waals surface area contributed by atoms with Crippen molar-refractivity contribution >= 4 is 11.1 Å². The van der Waals surface area contributed by atoms with Crippen LogP contribution in [-0.2, 0) is 4.74 Å². The molecule has 0 aliphatic carbocycles. The quantitative estimate of drug-likeness (QED) is 0.122. The molecule has 0 N–H and O–H groups in total. The van der Waals surface area contributed by atoms with Gasteiger partial charge in [-0.3, -0.25) is 0 Å². The van der Waals surface area contributed by atoms with Gasteiger partial charge >= 0.3 is 0 Å². The lowest BCUT2D eigenvalue weighted by atomic mass is 9.88. The van der Waals surface area contributed by atoms with Crippen molar-refractivity contribution in [1.29, 1.82) is 0 Å². The van der Waals surface area contributed by atoms with Gasteiger partial charge in [-0.05, 0) is 96.8 Å². The molecule has 232 valence electrons. The molecule has 0 unspecified atom stereocenters. The van der Waals surface area contributed by atoms with Gasteiger partial charge in [0.25, 0.3) is 0 Å². The Morgan fingerprint density at radius 3 is 1.77 bits per heavy atom. The third-order valence-corrected chi connectivity index (χ3v) is 8.02. The molecule has 3 aromatic carbocycles. The zero-order chi connectivity index (χ0) is 30.6. The highest BCUT2D eigenvalue weighted by atomic mass is 16.7. The van der Waals surface area contributed by atoms with E-state index in [0.717, 1.165) is 91.0 Å². The zero-order valence-corrected chi connectivity index (χ0v) is 26.7. The number of hydrogen-bond donors (Lipinski definition) is 0. The summed E-state index contributed by atoms with van der Waals surface area (Å²) in [5.74, 6) is 3.22. The minimum absolute atomic E-state index is 0.0835. The molecule has 0 spiro atoms. The molecule has 0 saturated heterocycles. The van der Waals surface area contributed by atoms with Crippen LogP contribution in [0.1, 0.15) is 57.7 Å². The smallest absolute Gasteiger partial charge is 0.231 e. The van der Waals surface area contributed by atoms with Crippen LogP contribution in [-0.4, -0.2) is 75.9 Å². The van der Waals surface area contributed by atoms with E-state index >= 15 is 0 Å². The average Bonchev–Trinajstić information content (AvgIpc) is 3.52. The largest absolute Gasteiger partial charge is 0.488 e. The Kier molecular flexibility index (Phi) is 12.3. The third-order valence-electron chi connectivity index (χ3n) is 8.02. The normalized spacial score (nSPS) is 13.1. The topological polar surface area (TPSA) is 52.6 Å². The molecule has 0 fully saturated rings. The summed E-state index contributed by atoms with van der Waals surface area (Å²) in [5, 5.41) is 0. The molecule has 0 bridgehead atoms. The molecular formula is C36H48N2O5. The average molecular weight is 589 g/mol. The number of likely N-dealkylation sites (N-methyl/N-ethyl adjacent to an activating group) is 2. The van der Waals surface area contributed by atoms with E-state index in [-0.39, 0.29) is 19.7 Å². The molecule has 0 saturated carbocycles. The van der Waals surface area contributed by atoms with Gasteiger partial charge in [0.1, 0.15) is 17.6 Å². The number of methoxy groups -OCH3 is 1. The maximum atomic E-state index is 6.64. The number of fused-ring (bicyclic) bond motifs is 1. The Labute approximate surface area is 258 Å². The van der Waals surface area contributed by atoms with Crippen molar-refractivity contribution in [3.63, 3.8) is 0 Å². The Bertz CT molecular complexity index is 1280. The van der Waals surface area contributed by atoms with Gasteiger partial charge in [-0.25, -0.2) is 0 Å². The Hall–Kier alpha value is -3.52. The summed E-state index contributed by atoms with van der Waals surface area (Å²) >= 11 is 0. The predicted molar refractivity (Wildman–Crippen MR) is 174 cm³/mol. The molecule has 1 heterocycles. The van der Waals surface area contributed by atoms with Crippen molar-refractivity contribution in [3.8, 4) is 23.0 Å². The van der Waals surface area contributed by atoms with Gasteiger partial charge in [0.2, 0.25) is 6.79 Å². The van der Waals surface area contributed by atoms with Crippen molar-refractivity contribution in [2.75, 3.05) is 60.0 Å². The second-order valence-electron chi connectivity index (χ2n) is 10.6. The molecule has 7 nitrogen and oxygen atoms in total. The molecule has 0 aromatic heterocycles. The summed E-state index contributed by atoms with van der Waals surface area (Å²) in [6.07, 6.45) is 0.922. The fourth-order valence-electron chi connectivity index (χ4n) is 5.53. The molecular weight excluding hydrogens is 540 g/mol. The standard InChI is InChI=1S/C36H48N2O5/c1-7-33(29-16-21-34-35(22-29)42-26-41-34)36(27-12-17-30(18-13-27)40-25-39-6)28-14-19-31(20-15-28)43-32(23-37(8-2)9-3)24-38(10-4)11-5/h12-22,32H,7-11,23-26H2,1-6H3. The molecule has 0 amide bonds. The molecule has 7 heteroatoms. The van der Waals surface area contributed by atoms with Gasteiger partial charge in [0.05, 0.1) is 0 Å². The van der Waals surface area contributed by atoms with E-state index in [1.165, 1.54) is 5.57 Å². The highest BCUT2D eigenvalue weighted by Gasteiger charge is 2.20. The summed E-state index contributed by atoms with van der Waals surface area (Å²) in [4.78, 5) is 4.87. The fraction of sp³-hybridized carbons (Fsp3) is 0.444. The van der Waals surface area contributed by atoms with Crippen LogP contribution >= 0.6 is 0 Å². The monoisotopic (exact) mass is 588 g/mol.